The zero-order valence-corrected chi connectivity index (χ0v) is 10.3. The molecule has 1 aliphatic rings. The normalized spacial score (nSPS) is 14.6. The van der Waals surface area contributed by atoms with Crippen molar-refractivity contribution in [1.82, 2.24) is 0 Å². The molecular formula is C14H17NO2. The van der Waals surface area contributed by atoms with E-state index in [9.17, 15) is 4.79 Å². The molecule has 1 aliphatic heterocycles. The van der Waals surface area contributed by atoms with Crippen molar-refractivity contribution in [3.63, 3.8) is 0 Å². The number of carbonyl (C=O) groups excluding carboxylic acids is 1. The standard InChI is InChI=1S/C14H17NO2/c1-10(2)11-3-5-12(6-4-11)13(16)9-14-15-7-8-17-14/h3-6,10H,7-9H2,1-2H3. The first-order chi connectivity index (χ1) is 8.16. The number of hydrogen-bond acceptors (Lipinski definition) is 3. The molecule has 90 valence electrons. The van der Waals surface area contributed by atoms with Gasteiger partial charge in [0.15, 0.2) is 11.7 Å². The SMILES string of the molecule is CC(C)c1ccc(C(=O)CC2=NCCO2)cc1. The quantitative estimate of drug-likeness (QED) is 0.747. The average Bonchev–Trinajstić information content (AvgIpc) is 2.82. The molecule has 0 fully saturated rings. The van der Waals surface area contributed by atoms with Gasteiger partial charge in [0.05, 0.1) is 13.0 Å². The monoisotopic (exact) mass is 231 g/mol. The van der Waals surface area contributed by atoms with E-state index in [1.165, 1.54) is 5.56 Å². The molecule has 0 atom stereocenters. The number of carbonyl (C=O) groups is 1. The molecule has 0 N–H and O–H groups in total. The average molecular weight is 231 g/mol. The molecule has 3 nitrogen and oxygen atoms in total. The fraction of sp³-hybridized carbons (Fsp3) is 0.429. The first-order valence-corrected chi connectivity index (χ1v) is 5.96. The molecule has 2 rings (SSSR count). The van der Waals surface area contributed by atoms with Crippen molar-refractivity contribution in [2.45, 2.75) is 26.2 Å². The summed E-state index contributed by atoms with van der Waals surface area (Å²) in [5.41, 5.74) is 1.98. The molecule has 1 heterocycles. The largest absolute Gasteiger partial charge is 0.479 e. The number of hydrogen-bond donors (Lipinski definition) is 0. The summed E-state index contributed by atoms with van der Waals surface area (Å²) < 4.78 is 5.24. The molecule has 0 saturated carbocycles. The fourth-order valence-electron chi connectivity index (χ4n) is 1.78. The van der Waals surface area contributed by atoms with E-state index in [4.69, 9.17) is 4.74 Å². The third-order valence-electron chi connectivity index (χ3n) is 2.86. The van der Waals surface area contributed by atoms with Crippen LogP contribution in [0, 0.1) is 0 Å². The van der Waals surface area contributed by atoms with Crippen LogP contribution in [0.1, 0.15) is 42.1 Å². The van der Waals surface area contributed by atoms with Crippen LogP contribution in [0.2, 0.25) is 0 Å². The highest BCUT2D eigenvalue weighted by atomic mass is 16.5. The van der Waals surface area contributed by atoms with Gasteiger partial charge in [-0.1, -0.05) is 38.1 Å². The van der Waals surface area contributed by atoms with Gasteiger partial charge in [-0.15, -0.1) is 0 Å². The number of nitrogens with zero attached hydrogens (tertiary/aromatic N) is 1. The summed E-state index contributed by atoms with van der Waals surface area (Å²) in [5.74, 6) is 1.13. The second kappa shape index (κ2) is 5.13. The maximum absolute atomic E-state index is 11.9. The highest BCUT2D eigenvalue weighted by Crippen LogP contribution is 2.16. The Morgan fingerprint density at radius 2 is 2.06 bits per heavy atom. The van der Waals surface area contributed by atoms with E-state index in [2.05, 4.69) is 18.8 Å². The highest BCUT2D eigenvalue weighted by molar-refractivity contribution is 6.07. The minimum atomic E-state index is 0.0703. The van der Waals surface area contributed by atoms with Crippen LogP contribution in [0.5, 0.6) is 0 Å². The van der Waals surface area contributed by atoms with Gasteiger partial charge in [0.2, 0.25) is 0 Å². The molecule has 1 aromatic rings. The van der Waals surface area contributed by atoms with Crippen molar-refractivity contribution in [3.05, 3.63) is 35.4 Å². The minimum Gasteiger partial charge on any atom is -0.479 e. The number of ketones is 1. The summed E-state index contributed by atoms with van der Waals surface area (Å²) in [6.07, 6.45) is 0.279. The van der Waals surface area contributed by atoms with Gasteiger partial charge in [0, 0.05) is 5.56 Å². The van der Waals surface area contributed by atoms with Crippen molar-refractivity contribution >= 4 is 11.7 Å². The molecule has 17 heavy (non-hydrogen) atoms. The molecule has 0 unspecified atom stereocenters. The lowest BCUT2D eigenvalue weighted by atomic mass is 10.00. The summed E-state index contributed by atoms with van der Waals surface area (Å²) in [6.45, 7) is 5.56. The summed E-state index contributed by atoms with van der Waals surface area (Å²) >= 11 is 0. The van der Waals surface area contributed by atoms with Gasteiger partial charge < -0.3 is 4.74 Å². The Bertz CT molecular complexity index is 432. The van der Waals surface area contributed by atoms with Crippen molar-refractivity contribution in [2.75, 3.05) is 13.2 Å². The van der Waals surface area contributed by atoms with E-state index in [0.717, 1.165) is 5.56 Å². The van der Waals surface area contributed by atoms with E-state index in [0.29, 0.717) is 25.0 Å². The van der Waals surface area contributed by atoms with Gasteiger partial charge in [-0.05, 0) is 11.5 Å². The Hall–Kier alpha value is -1.64. The van der Waals surface area contributed by atoms with Crippen molar-refractivity contribution in [2.24, 2.45) is 4.99 Å². The summed E-state index contributed by atoms with van der Waals surface area (Å²) in [4.78, 5) is 16.0. The molecule has 0 bridgehead atoms. The molecule has 0 saturated heterocycles. The lowest BCUT2D eigenvalue weighted by Crippen LogP contribution is -2.08. The van der Waals surface area contributed by atoms with Crippen LogP contribution in [-0.2, 0) is 4.74 Å². The van der Waals surface area contributed by atoms with Gasteiger partial charge in [-0.2, -0.15) is 0 Å². The van der Waals surface area contributed by atoms with Crippen LogP contribution in [0.25, 0.3) is 0 Å². The maximum Gasteiger partial charge on any atom is 0.191 e. The molecule has 3 heteroatoms. The first-order valence-electron chi connectivity index (χ1n) is 5.96. The lowest BCUT2D eigenvalue weighted by Gasteiger charge is -2.06. The van der Waals surface area contributed by atoms with Crippen LogP contribution in [0.3, 0.4) is 0 Å². The predicted octanol–water partition coefficient (Wildman–Crippen LogP) is 2.81. The van der Waals surface area contributed by atoms with E-state index >= 15 is 0 Å². The molecule has 0 spiro atoms. The number of rotatable bonds is 4. The zero-order valence-electron chi connectivity index (χ0n) is 10.3. The van der Waals surface area contributed by atoms with E-state index in [1.807, 2.05) is 24.3 Å². The smallest absolute Gasteiger partial charge is 0.191 e. The third kappa shape index (κ3) is 2.93. The van der Waals surface area contributed by atoms with Crippen molar-refractivity contribution < 1.29 is 9.53 Å². The number of Topliss-reactive ketones (excluding diaryl/α,β-unsaturated/α-hetero) is 1. The summed E-state index contributed by atoms with van der Waals surface area (Å²) in [6, 6.07) is 7.78. The minimum absolute atomic E-state index is 0.0703. The van der Waals surface area contributed by atoms with Gasteiger partial charge in [-0.25, -0.2) is 0 Å². The zero-order chi connectivity index (χ0) is 12.3. The van der Waals surface area contributed by atoms with Crippen molar-refractivity contribution in [1.29, 1.82) is 0 Å². The fourth-order valence-corrected chi connectivity index (χ4v) is 1.78. The Labute approximate surface area is 102 Å². The molecule has 1 aromatic carbocycles. The van der Waals surface area contributed by atoms with Crippen LogP contribution >= 0.6 is 0 Å². The van der Waals surface area contributed by atoms with E-state index in [1.54, 1.807) is 0 Å². The van der Waals surface area contributed by atoms with E-state index < -0.39 is 0 Å². The first kappa shape index (κ1) is 11.8. The summed E-state index contributed by atoms with van der Waals surface area (Å²) in [5, 5.41) is 0. The van der Waals surface area contributed by atoms with Gasteiger partial charge in [0.25, 0.3) is 0 Å². The number of ether oxygens (including phenoxy) is 1. The summed E-state index contributed by atoms with van der Waals surface area (Å²) in [7, 11) is 0. The van der Waals surface area contributed by atoms with Crippen molar-refractivity contribution in [3.8, 4) is 0 Å². The third-order valence-corrected chi connectivity index (χ3v) is 2.86. The predicted molar refractivity (Wildman–Crippen MR) is 67.7 cm³/mol. The molecule has 0 aromatic heterocycles. The topological polar surface area (TPSA) is 38.7 Å². The number of benzene rings is 1. The van der Waals surface area contributed by atoms with E-state index in [-0.39, 0.29) is 12.2 Å². The Morgan fingerprint density at radius 1 is 1.35 bits per heavy atom. The Balaban J connectivity index is 2.04. The highest BCUT2D eigenvalue weighted by Gasteiger charge is 2.14. The van der Waals surface area contributed by atoms with Crippen LogP contribution in [-0.4, -0.2) is 24.8 Å². The second-order valence-corrected chi connectivity index (χ2v) is 4.50. The Morgan fingerprint density at radius 3 is 2.59 bits per heavy atom. The van der Waals surface area contributed by atoms with Gasteiger partial charge >= 0.3 is 0 Å². The lowest BCUT2D eigenvalue weighted by molar-refractivity contribution is 0.0994. The van der Waals surface area contributed by atoms with Gasteiger partial charge in [0.1, 0.15) is 6.61 Å². The Kier molecular flexibility index (Phi) is 3.57. The van der Waals surface area contributed by atoms with Crippen LogP contribution < -0.4 is 0 Å². The van der Waals surface area contributed by atoms with Crippen LogP contribution in [0.4, 0.5) is 0 Å². The second-order valence-electron chi connectivity index (χ2n) is 4.50. The maximum atomic E-state index is 11.9. The van der Waals surface area contributed by atoms with Crippen LogP contribution in [0.15, 0.2) is 29.3 Å². The molecule has 0 aliphatic carbocycles. The molecule has 0 amide bonds. The van der Waals surface area contributed by atoms with Gasteiger partial charge in [-0.3, -0.25) is 9.79 Å². The molecular weight excluding hydrogens is 214 g/mol. The molecule has 0 radical (unpaired) electrons. The number of aliphatic imine (C=N–C) groups is 1.